The van der Waals surface area contributed by atoms with Crippen molar-refractivity contribution in [1.29, 1.82) is 0 Å². The Kier molecular flexibility index (Phi) is 2.75. The zero-order valence-corrected chi connectivity index (χ0v) is 12.3. The maximum absolute atomic E-state index is 12.2. The summed E-state index contributed by atoms with van der Waals surface area (Å²) in [5.41, 5.74) is 0.318. The first-order valence-corrected chi connectivity index (χ1v) is 7.98. The van der Waals surface area contributed by atoms with Crippen LogP contribution < -0.4 is 5.32 Å². The average Bonchev–Trinajstić information content (AvgIpc) is 3.15. The van der Waals surface area contributed by atoms with Gasteiger partial charge >= 0.3 is 6.03 Å². The number of hydrogen-bond acceptors (Lipinski definition) is 4. The van der Waals surface area contributed by atoms with Gasteiger partial charge in [-0.2, -0.15) is 0 Å². The molecule has 1 saturated heterocycles. The van der Waals surface area contributed by atoms with Crippen LogP contribution in [0.25, 0.3) is 10.2 Å². The van der Waals surface area contributed by atoms with Gasteiger partial charge in [-0.15, -0.1) is 11.3 Å². The number of amides is 3. The molecule has 2 aromatic rings. The zero-order chi connectivity index (χ0) is 14.4. The Balaban J connectivity index is 1.68. The SMILES string of the molecule is O=C1NC(=O)C2(CCCC2)N1Cc1nc2ccccc2s1. The van der Waals surface area contributed by atoms with E-state index in [4.69, 9.17) is 0 Å². The lowest BCUT2D eigenvalue weighted by Crippen LogP contribution is -2.46. The number of imide groups is 1. The third kappa shape index (κ3) is 1.86. The molecule has 108 valence electrons. The smallest absolute Gasteiger partial charge is 0.303 e. The van der Waals surface area contributed by atoms with E-state index in [1.807, 2.05) is 24.3 Å². The first-order valence-electron chi connectivity index (χ1n) is 7.17. The van der Waals surface area contributed by atoms with Crippen LogP contribution in [-0.4, -0.2) is 27.4 Å². The molecule has 3 amide bonds. The van der Waals surface area contributed by atoms with Gasteiger partial charge in [0.05, 0.1) is 16.8 Å². The van der Waals surface area contributed by atoms with E-state index in [0.717, 1.165) is 40.9 Å². The number of carbonyl (C=O) groups excluding carboxylic acids is 2. The number of rotatable bonds is 2. The van der Waals surface area contributed by atoms with E-state index < -0.39 is 5.54 Å². The fraction of sp³-hybridized carbons (Fsp3) is 0.400. The molecular weight excluding hydrogens is 286 g/mol. The second kappa shape index (κ2) is 4.53. The number of fused-ring (bicyclic) bond motifs is 1. The van der Waals surface area contributed by atoms with Crippen molar-refractivity contribution in [3.8, 4) is 0 Å². The quantitative estimate of drug-likeness (QED) is 0.867. The third-order valence-electron chi connectivity index (χ3n) is 4.47. The molecule has 0 unspecified atom stereocenters. The van der Waals surface area contributed by atoms with Crippen LogP contribution in [0.1, 0.15) is 30.7 Å². The zero-order valence-electron chi connectivity index (χ0n) is 11.5. The van der Waals surface area contributed by atoms with Crippen LogP contribution in [0.2, 0.25) is 0 Å². The molecule has 1 aromatic carbocycles. The van der Waals surface area contributed by atoms with Gasteiger partial charge in [0.2, 0.25) is 0 Å². The number of carbonyl (C=O) groups is 2. The second-order valence-electron chi connectivity index (χ2n) is 5.66. The molecule has 5 nitrogen and oxygen atoms in total. The first-order chi connectivity index (χ1) is 10.2. The van der Waals surface area contributed by atoms with E-state index in [9.17, 15) is 9.59 Å². The highest BCUT2D eigenvalue weighted by atomic mass is 32.1. The number of hydrogen-bond donors (Lipinski definition) is 1. The molecule has 2 heterocycles. The summed E-state index contributed by atoms with van der Waals surface area (Å²) < 4.78 is 1.11. The van der Waals surface area contributed by atoms with Crippen molar-refractivity contribution >= 4 is 33.5 Å². The monoisotopic (exact) mass is 301 g/mol. The molecule has 0 bridgehead atoms. The summed E-state index contributed by atoms with van der Waals surface area (Å²) in [4.78, 5) is 30.6. The average molecular weight is 301 g/mol. The largest absolute Gasteiger partial charge is 0.325 e. The Labute approximate surface area is 126 Å². The van der Waals surface area contributed by atoms with E-state index in [0.29, 0.717) is 6.54 Å². The first kappa shape index (κ1) is 12.8. The highest BCUT2D eigenvalue weighted by Crippen LogP contribution is 2.40. The minimum Gasteiger partial charge on any atom is -0.303 e. The molecule has 2 aliphatic rings. The topological polar surface area (TPSA) is 62.3 Å². The van der Waals surface area contributed by atoms with Crippen molar-refractivity contribution in [3.05, 3.63) is 29.3 Å². The molecular formula is C15H15N3O2S. The van der Waals surface area contributed by atoms with Crippen LogP contribution in [-0.2, 0) is 11.3 Å². The third-order valence-corrected chi connectivity index (χ3v) is 5.49. The summed E-state index contributed by atoms with van der Waals surface area (Å²) in [7, 11) is 0. The highest BCUT2D eigenvalue weighted by Gasteiger charge is 2.54. The normalized spacial score (nSPS) is 20.7. The number of nitrogens with zero attached hydrogens (tertiary/aromatic N) is 2. The Morgan fingerprint density at radius 1 is 1.24 bits per heavy atom. The van der Waals surface area contributed by atoms with Crippen LogP contribution in [0.4, 0.5) is 4.79 Å². The molecule has 0 atom stereocenters. The van der Waals surface area contributed by atoms with E-state index in [1.54, 1.807) is 16.2 Å². The van der Waals surface area contributed by atoms with E-state index in [2.05, 4.69) is 10.3 Å². The van der Waals surface area contributed by atoms with Gasteiger partial charge in [-0.05, 0) is 25.0 Å². The maximum atomic E-state index is 12.2. The number of aromatic nitrogens is 1. The summed E-state index contributed by atoms with van der Waals surface area (Å²) in [5.74, 6) is -0.133. The van der Waals surface area contributed by atoms with Crippen molar-refractivity contribution < 1.29 is 9.59 Å². The highest BCUT2D eigenvalue weighted by molar-refractivity contribution is 7.18. The number of nitrogens with one attached hydrogen (secondary N) is 1. The number of para-hydroxylation sites is 1. The molecule has 1 aliphatic carbocycles. The van der Waals surface area contributed by atoms with E-state index in [1.165, 1.54) is 0 Å². The summed E-state index contributed by atoms with van der Waals surface area (Å²) >= 11 is 1.59. The van der Waals surface area contributed by atoms with Gasteiger partial charge in [0.15, 0.2) is 0 Å². The minimum absolute atomic E-state index is 0.133. The van der Waals surface area contributed by atoms with Gasteiger partial charge in [-0.3, -0.25) is 10.1 Å². The minimum atomic E-state index is -0.630. The van der Waals surface area contributed by atoms with Crippen LogP contribution in [0, 0.1) is 0 Å². The van der Waals surface area contributed by atoms with Crippen LogP contribution in [0.3, 0.4) is 0 Å². The van der Waals surface area contributed by atoms with Crippen molar-refractivity contribution in [2.24, 2.45) is 0 Å². The second-order valence-corrected chi connectivity index (χ2v) is 6.77. The van der Waals surface area contributed by atoms with Gasteiger partial charge in [0, 0.05) is 0 Å². The lowest BCUT2D eigenvalue weighted by Gasteiger charge is -2.30. The molecule has 21 heavy (non-hydrogen) atoms. The summed E-state index contributed by atoms with van der Waals surface area (Å²) in [6.45, 7) is 0.414. The number of thiazole rings is 1. The fourth-order valence-electron chi connectivity index (χ4n) is 3.40. The van der Waals surface area contributed by atoms with E-state index in [-0.39, 0.29) is 11.9 Å². The van der Waals surface area contributed by atoms with Gasteiger partial charge < -0.3 is 4.90 Å². The molecule has 2 fully saturated rings. The number of benzene rings is 1. The van der Waals surface area contributed by atoms with Crippen molar-refractivity contribution in [1.82, 2.24) is 15.2 Å². The molecule has 4 rings (SSSR count). The molecule has 1 saturated carbocycles. The standard InChI is InChI=1S/C15H15N3O2S/c19-13-15(7-3-4-8-15)18(14(20)17-13)9-12-16-10-5-1-2-6-11(10)21-12/h1-2,5-6H,3-4,7-9H2,(H,17,19,20). The summed E-state index contributed by atoms with van der Waals surface area (Å²) in [5, 5.41) is 3.36. The van der Waals surface area contributed by atoms with Crippen LogP contribution >= 0.6 is 11.3 Å². The molecule has 1 aliphatic heterocycles. The van der Waals surface area contributed by atoms with Gasteiger partial charge in [0.1, 0.15) is 10.5 Å². The Bertz CT molecular complexity index is 700. The maximum Gasteiger partial charge on any atom is 0.325 e. The Morgan fingerprint density at radius 3 is 2.76 bits per heavy atom. The van der Waals surface area contributed by atoms with Crippen LogP contribution in [0.15, 0.2) is 24.3 Å². The summed E-state index contributed by atoms with van der Waals surface area (Å²) in [6, 6.07) is 7.65. The predicted molar refractivity (Wildman–Crippen MR) is 79.9 cm³/mol. The van der Waals surface area contributed by atoms with Crippen molar-refractivity contribution in [3.63, 3.8) is 0 Å². The molecule has 1 N–H and O–H groups in total. The molecule has 1 spiro atoms. The lowest BCUT2D eigenvalue weighted by molar-refractivity contribution is -0.126. The van der Waals surface area contributed by atoms with E-state index >= 15 is 0 Å². The van der Waals surface area contributed by atoms with Crippen molar-refractivity contribution in [2.45, 2.75) is 37.8 Å². The molecule has 1 aromatic heterocycles. The predicted octanol–water partition coefficient (Wildman–Crippen LogP) is 2.66. The Morgan fingerprint density at radius 2 is 2.00 bits per heavy atom. The molecule has 6 heteroatoms. The van der Waals surface area contributed by atoms with Crippen molar-refractivity contribution in [2.75, 3.05) is 0 Å². The van der Waals surface area contributed by atoms with Crippen LogP contribution in [0.5, 0.6) is 0 Å². The lowest BCUT2D eigenvalue weighted by atomic mass is 9.96. The van der Waals surface area contributed by atoms with Gasteiger partial charge in [-0.25, -0.2) is 9.78 Å². The van der Waals surface area contributed by atoms with Gasteiger partial charge in [-0.1, -0.05) is 25.0 Å². The summed E-state index contributed by atoms with van der Waals surface area (Å²) in [6.07, 6.45) is 3.51. The van der Waals surface area contributed by atoms with Gasteiger partial charge in [0.25, 0.3) is 5.91 Å². The fourth-order valence-corrected chi connectivity index (χ4v) is 4.36. The molecule has 0 radical (unpaired) electrons. The Hall–Kier alpha value is -1.95. The number of urea groups is 1.